The SMILES string of the molecule is CC(CCc1ccccc1)CNC(O)COc1ccccc1. The summed E-state index contributed by atoms with van der Waals surface area (Å²) in [5.74, 6) is 1.28. The minimum atomic E-state index is -0.639. The zero-order valence-corrected chi connectivity index (χ0v) is 13.1. The van der Waals surface area contributed by atoms with Gasteiger partial charge in [-0.1, -0.05) is 55.5 Å². The van der Waals surface area contributed by atoms with Crippen LogP contribution < -0.4 is 10.1 Å². The summed E-state index contributed by atoms with van der Waals surface area (Å²) in [5.41, 5.74) is 1.36. The Hall–Kier alpha value is -1.84. The van der Waals surface area contributed by atoms with E-state index in [1.807, 2.05) is 36.4 Å². The maximum absolute atomic E-state index is 9.91. The first-order chi connectivity index (χ1) is 10.7. The average molecular weight is 299 g/mol. The molecule has 0 aliphatic heterocycles. The molecule has 0 saturated carbocycles. The Morgan fingerprint density at radius 2 is 1.64 bits per heavy atom. The number of benzene rings is 2. The summed E-state index contributed by atoms with van der Waals surface area (Å²) < 4.78 is 5.52. The molecule has 3 nitrogen and oxygen atoms in total. The van der Waals surface area contributed by atoms with Crippen molar-refractivity contribution < 1.29 is 9.84 Å². The van der Waals surface area contributed by atoms with Gasteiger partial charge in [0.15, 0.2) is 0 Å². The summed E-state index contributed by atoms with van der Waals surface area (Å²) in [4.78, 5) is 0. The Bertz CT molecular complexity index is 466. The highest BCUT2D eigenvalue weighted by molar-refractivity contribution is 5.20. The van der Waals surface area contributed by atoms with Crippen molar-refractivity contribution in [2.45, 2.75) is 26.0 Å². The highest BCUT2D eigenvalue weighted by atomic mass is 16.5. The van der Waals surface area contributed by atoms with Gasteiger partial charge in [-0.2, -0.15) is 0 Å². The topological polar surface area (TPSA) is 41.5 Å². The number of hydrogen-bond acceptors (Lipinski definition) is 3. The Balaban J connectivity index is 1.60. The van der Waals surface area contributed by atoms with E-state index in [-0.39, 0.29) is 6.61 Å². The summed E-state index contributed by atoms with van der Waals surface area (Å²) >= 11 is 0. The summed E-state index contributed by atoms with van der Waals surface area (Å²) in [6.07, 6.45) is 1.53. The lowest BCUT2D eigenvalue weighted by molar-refractivity contribution is 0.0754. The van der Waals surface area contributed by atoms with Crippen molar-refractivity contribution >= 4 is 0 Å². The van der Waals surface area contributed by atoms with Crippen LogP contribution in [-0.4, -0.2) is 24.5 Å². The molecule has 3 heteroatoms. The number of para-hydroxylation sites is 1. The molecule has 0 spiro atoms. The van der Waals surface area contributed by atoms with Gasteiger partial charge in [-0.05, 0) is 36.5 Å². The molecule has 0 aliphatic rings. The fourth-order valence-corrected chi connectivity index (χ4v) is 2.25. The number of hydrogen-bond donors (Lipinski definition) is 2. The predicted molar refractivity (Wildman–Crippen MR) is 89.9 cm³/mol. The van der Waals surface area contributed by atoms with Crippen LogP contribution in [0, 0.1) is 5.92 Å². The third-order valence-electron chi connectivity index (χ3n) is 3.62. The number of aliphatic hydroxyl groups excluding tert-OH is 1. The van der Waals surface area contributed by atoms with Gasteiger partial charge in [0.05, 0.1) is 0 Å². The Morgan fingerprint density at radius 3 is 2.32 bits per heavy atom. The van der Waals surface area contributed by atoms with Crippen molar-refractivity contribution in [2.75, 3.05) is 13.2 Å². The van der Waals surface area contributed by atoms with Gasteiger partial charge in [0.25, 0.3) is 0 Å². The molecule has 2 rings (SSSR count). The lowest BCUT2D eigenvalue weighted by Crippen LogP contribution is -2.37. The minimum Gasteiger partial charge on any atom is -0.489 e. The first kappa shape index (κ1) is 16.5. The van der Waals surface area contributed by atoms with E-state index in [0.717, 1.165) is 25.1 Å². The fourth-order valence-electron chi connectivity index (χ4n) is 2.25. The van der Waals surface area contributed by atoms with Crippen LogP contribution >= 0.6 is 0 Å². The molecule has 0 aromatic heterocycles. The molecule has 0 bridgehead atoms. The molecule has 0 amide bonds. The van der Waals surface area contributed by atoms with Gasteiger partial charge in [0, 0.05) is 6.54 Å². The molecule has 0 fully saturated rings. The van der Waals surface area contributed by atoms with Crippen LogP contribution in [0.2, 0.25) is 0 Å². The Labute approximate surface area is 133 Å². The van der Waals surface area contributed by atoms with Gasteiger partial charge in [-0.15, -0.1) is 0 Å². The van der Waals surface area contributed by atoms with E-state index in [0.29, 0.717) is 5.92 Å². The van der Waals surface area contributed by atoms with Gasteiger partial charge in [-0.3, -0.25) is 5.32 Å². The van der Waals surface area contributed by atoms with Gasteiger partial charge in [0.1, 0.15) is 18.6 Å². The van der Waals surface area contributed by atoms with Crippen molar-refractivity contribution in [1.29, 1.82) is 0 Å². The van der Waals surface area contributed by atoms with Gasteiger partial charge >= 0.3 is 0 Å². The summed E-state index contributed by atoms with van der Waals surface area (Å²) in [6.45, 7) is 3.24. The molecular formula is C19H25NO2. The normalized spacial score (nSPS) is 13.5. The Morgan fingerprint density at radius 1 is 1.00 bits per heavy atom. The molecule has 22 heavy (non-hydrogen) atoms. The molecule has 0 saturated heterocycles. The lowest BCUT2D eigenvalue weighted by Gasteiger charge is -2.17. The van der Waals surface area contributed by atoms with Crippen molar-refractivity contribution in [3.8, 4) is 5.75 Å². The molecule has 118 valence electrons. The third kappa shape index (κ3) is 6.29. The molecule has 2 N–H and O–H groups in total. The maximum Gasteiger partial charge on any atom is 0.139 e. The zero-order valence-electron chi connectivity index (χ0n) is 13.1. The van der Waals surface area contributed by atoms with Crippen LogP contribution in [0.15, 0.2) is 60.7 Å². The second-order valence-corrected chi connectivity index (χ2v) is 5.68. The molecule has 2 aromatic carbocycles. The van der Waals surface area contributed by atoms with Crippen LogP contribution in [0.25, 0.3) is 0 Å². The average Bonchev–Trinajstić information content (AvgIpc) is 2.58. The van der Waals surface area contributed by atoms with Crippen LogP contribution in [0.3, 0.4) is 0 Å². The van der Waals surface area contributed by atoms with Crippen LogP contribution in [-0.2, 0) is 6.42 Å². The molecule has 2 atom stereocenters. The minimum absolute atomic E-state index is 0.259. The first-order valence-corrected chi connectivity index (χ1v) is 7.87. The molecule has 0 radical (unpaired) electrons. The van der Waals surface area contributed by atoms with Crippen molar-refractivity contribution in [3.63, 3.8) is 0 Å². The maximum atomic E-state index is 9.91. The summed E-state index contributed by atoms with van der Waals surface area (Å²) in [5, 5.41) is 13.0. The second-order valence-electron chi connectivity index (χ2n) is 5.68. The summed E-state index contributed by atoms with van der Waals surface area (Å²) in [7, 11) is 0. The van der Waals surface area contributed by atoms with Gasteiger partial charge in [-0.25, -0.2) is 0 Å². The first-order valence-electron chi connectivity index (χ1n) is 7.87. The van der Waals surface area contributed by atoms with Gasteiger partial charge in [0.2, 0.25) is 0 Å². The number of ether oxygens (including phenoxy) is 1. The smallest absolute Gasteiger partial charge is 0.139 e. The van der Waals surface area contributed by atoms with E-state index in [1.54, 1.807) is 0 Å². The van der Waals surface area contributed by atoms with Crippen molar-refractivity contribution in [1.82, 2.24) is 5.32 Å². The largest absolute Gasteiger partial charge is 0.489 e. The second kappa shape index (κ2) is 9.23. The number of aryl methyl sites for hydroxylation is 1. The molecule has 0 heterocycles. The fraction of sp³-hybridized carbons (Fsp3) is 0.368. The number of aliphatic hydroxyl groups is 1. The highest BCUT2D eigenvalue weighted by Gasteiger charge is 2.08. The van der Waals surface area contributed by atoms with E-state index >= 15 is 0 Å². The molecule has 0 aliphatic carbocycles. The van der Waals surface area contributed by atoms with Crippen LogP contribution in [0.4, 0.5) is 0 Å². The zero-order chi connectivity index (χ0) is 15.6. The highest BCUT2D eigenvalue weighted by Crippen LogP contribution is 2.10. The van der Waals surface area contributed by atoms with Crippen molar-refractivity contribution in [3.05, 3.63) is 66.2 Å². The third-order valence-corrected chi connectivity index (χ3v) is 3.62. The predicted octanol–water partition coefficient (Wildman–Crippen LogP) is 3.24. The summed E-state index contributed by atoms with van der Waals surface area (Å²) in [6, 6.07) is 20.0. The van der Waals surface area contributed by atoms with E-state index in [9.17, 15) is 5.11 Å². The number of rotatable bonds is 9. The number of nitrogens with one attached hydrogen (secondary N) is 1. The van der Waals surface area contributed by atoms with Crippen molar-refractivity contribution in [2.24, 2.45) is 5.92 Å². The van der Waals surface area contributed by atoms with E-state index in [2.05, 4.69) is 36.5 Å². The van der Waals surface area contributed by atoms with E-state index in [4.69, 9.17) is 4.74 Å². The monoisotopic (exact) mass is 299 g/mol. The van der Waals surface area contributed by atoms with E-state index < -0.39 is 6.23 Å². The molecular weight excluding hydrogens is 274 g/mol. The van der Waals surface area contributed by atoms with E-state index in [1.165, 1.54) is 5.56 Å². The lowest BCUT2D eigenvalue weighted by atomic mass is 10.0. The molecule has 2 aromatic rings. The van der Waals surface area contributed by atoms with Crippen LogP contribution in [0.5, 0.6) is 5.75 Å². The Kier molecular flexibility index (Phi) is 6.94. The van der Waals surface area contributed by atoms with Crippen LogP contribution in [0.1, 0.15) is 18.9 Å². The van der Waals surface area contributed by atoms with Gasteiger partial charge < -0.3 is 9.84 Å². The standard InChI is InChI=1S/C19H25NO2/c1-16(12-13-17-8-4-2-5-9-17)14-20-19(21)15-22-18-10-6-3-7-11-18/h2-11,16,19-21H,12-15H2,1H3. The quantitative estimate of drug-likeness (QED) is 0.698. The molecule has 2 unspecified atom stereocenters.